The number of anilines is 1. The van der Waals surface area contributed by atoms with Crippen molar-refractivity contribution in [1.82, 2.24) is 19.7 Å². The Kier molecular flexibility index (Phi) is 4.51. The third-order valence-electron chi connectivity index (χ3n) is 2.29. The molecule has 3 N–H and O–H groups in total. The normalized spacial score (nSPS) is 10.7. The van der Waals surface area contributed by atoms with Gasteiger partial charge in [-0.3, -0.25) is 4.79 Å². The molecule has 19 heavy (non-hydrogen) atoms. The van der Waals surface area contributed by atoms with Gasteiger partial charge in [0.15, 0.2) is 10.3 Å². The number of hydrogen-bond acceptors (Lipinski definition) is 7. The van der Waals surface area contributed by atoms with Crippen LogP contribution in [0.25, 0.3) is 0 Å². The van der Waals surface area contributed by atoms with Crippen molar-refractivity contribution in [2.75, 3.05) is 5.32 Å². The third kappa shape index (κ3) is 3.52. The van der Waals surface area contributed by atoms with Crippen LogP contribution in [0, 0.1) is 0 Å². The summed E-state index contributed by atoms with van der Waals surface area (Å²) in [5, 5.41) is 14.0. The molecule has 0 saturated carbocycles. The Morgan fingerprint density at radius 1 is 1.58 bits per heavy atom. The van der Waals surface area contributed by atoms with Gasteiger partial charge in [-0.2, -0.15) is 0 Å². The van der Waals surface area contributed by atoms with E-state index in [4.69, 9.17) is 5.73 Å². The van der Waals surface area contributed by atoms with Crippen molar-refractivity contribution in [3.8, 4) is 0 Å². The van der Waals surface area contributed by atoms with E-state index < -0.39 is 0 Å². The Balaban J connectivity index is 1.96. The van der Waals surface area contributed by atoms with Crippen LogP contribution in [0.2, 0.25) is 0 Å². The monoisotopic (exact) mass is 298 g/mol. The first-order valence-corrected chi connectivity index (χ1v) is 7.39. The van der Waals surface area contributed by atoms with Gasteiger partial charge in [-0.15, -0.1) is 21.5 Å². The maximum absolute atomic E-state index is 10.9. The molecule has 7 nitrogen and oxygen atoms in total. The highest BCUT2D eigenvalue weighted by Gasteiger charge is 2.09. The van der Waals surface area contributed by atoms with E-state index in [9.17, 15) is 4.79 Å². The molecule has 0 bridgehead atoms. The molecule has 2 heterocycles. The van der Waals surface area contributed by atoms with Crippen LogP contribution >= 0.6 is 23.1 Å². The second kappa shape index (κ2) is 6.13. The molecule has 0 aliphatic carbocycles. The van der Waals surface area contributed by atoms with E-state index in [2.05, 4.69) is 20.5 Å². The van der Waals surface area contributed by atoms with E-state index in [-0.39, 0.29) is 5.91 Å². The van der Waals surface area contributed by atoms with Gasteiger partial charge in [0.05, 0.1) is 12.2 Å². The molecular formula is C10H14N6OS2. The predicted octanol–water partition coefficient (Wildman–Crippen LogP) is 0.981. The highest BCUT2D eigenvalue weighted by Crippen LogP contribution is 2.23. The molecule has 2 aromatic heterocycles. The smallest absolute Gasteiger partial charge is 0.223 e. The maximum atomic E-state index is 10.9. The van der Waals surface area contributed by atoms with Crippen LogP contribution in [0.1, 0.15) is 18.4 Å². The van der Waals surface area contributed by atoms with Crippen molar-refractivity contribution < 1.29 is 4.79 Å². The fraction of sp³-hybridized carbons (Fsp3) is 0.400. The molecule has 0 atom stereocenters. The van der Waals surface area contributed by atoms with E-state index in [1.807, 2.05) is 17.0 Å². The standard InChI is InChI=1S/C10H14N6OS2/c1-6(17)12-9-13-7(4-18-9)5-19-10-15-14-8(3-11)16(10)2/h4H,3,5,11H2,1-2H3,(H,12,13,17). The van der Waals surface area contributed by atoms with Crippen molar-refractivity contribution in [3.63, 3.8) is 0 Å². The lowest BCUT2D eigenvalue weighted by atomic mass is 10.6. The fourth-order valence-corrected chi connectivity index (χ4v) is 3.05. The molecule has 0 saturated heterocycles. The number of thioether (sulfide) groups is 1. The zero-order valence-corrected chi connectivity index (χ0v) is 12.2. The molecule has 0 aromatic carbocycles. The average molecular weight is 298 g/mol. The Morgan fingerprint density at radius 3 is 3.00 bits per heavy atom. The number of aromatic nitrogens is 4. The van der Waals surface area contributed by atoms with E-state index >= 15 is 0 Å². The first-order chi connectivity index (χ1) is 9.10. The number of nitrogens with zero attached hydrogens (tertiary/aromatic N) is 4. The van der Waals surface area contributed by atoms with Crippen molar-refractivity contribution in [3.05, 3.63) is 16.9 Å². The van der Waals surface area contributed by atoms with Gasteiger partial charge in [0.2, 0.25) is 5.91 Å². The Labute approximate surface area is 118 Å². The lowest BCUT2D eigenvalue weighted by Gasteiger charge is -2.00. The minimum Gasteiger partial charge on any atom is -0.324 e. The van der Waals surface area contributed by atoms with Crippen LogP contribution in [0.5, 0.6) is 0 Å². The molecule has 0 radical (unpaired) electrons. The highest BCUT2D eigenvalue weighted by molar-refractivity contribution is 7.98. The molecule has 2 rings (SSSR count). The van der Waals surface area contributed by atoms with Gasteiger partial charge in [-0.25, -0.2) is 4.98 Å². The number of nitrogens with two attached hydrogens (primary N) is 1. The largest absolute Gasteiger partial charge is 0.324 e. The molecule has 0 fully saturated rings. The van der Waals surface area contributed by atoms with Gasteiger partial charge in [0.1, 0.15) is 5.82 Å². The van der Waals surface area contributed by atoms with Gasteiger partial charge < -0.3 is 15.6 Å². The second-order valence-corrected chi connectivity index (χ2v) is 5.58. The molecule has 102 valence electrons. The van der Waals surface area contributed by atoms with Crippen LogP contribution in [0.4, 0.5) is 5.13 Å². The van der Waals surface area contributed by atoms with E-state index in [0.29, 0.717) is 17.4 Å². The van der Waals surface area contributed by atoms with Gasteiger partial charge >= 0.3 is 0 Å². The van der Waals surface area contributed by atoms with E-state index in [1.54, 1.807) is 0 Å². The minimum absolute atomic E-state index is 0.116. The highest BCUT2D eigenvalue weighted by atomic mass is 32.2. The Hall–Kier alpha value is -1.45. The zero-order valence-electron chi connectivity index (χ0n) is 10.6. The Morgan fingerprint density at radius 2 is 2.37 bits per heavy atom. The summed E-state index contributed by atoms with van der Waals surface area (Å²) in [5.41, 5.74) is 6.44. The number of carbonyl (C=O) groups excluding carboxylic acids is 1. The van der Waals surface area contributed by atoms with Crippen LogP contribution in [-0.4, -0.2) is 25.7 Å². The number of nitrogens with one attached hydrogen (secondary N) is 1. The summed E-state index contributed by atoms with van der Waals surface area (Å²) in [6.07, 6.45) is 0. The molecule has 0 unspecified atom stereocenters. The van der Waals surface area contributed by atoms with Gasteiger partial charge in [-0.1, -0.05) is 11.8 Å². The van der Waals surface area contributed by atoms with Gasteiger partial charge in [0, 0.05) is 25.1 Å². The molecule has 9 heteroatoms. The topological polar surface area (TPSA) is 98.7 Å². The predicted molar refractivity (Wildman–Crippen MR) is 74.9 cm³/mol. The molecule has 0 aliphatic heterocycles. The van der Waals surface area contributed by atoms with Gasteiger partial charge in [-0.05, 0) is 0 Å². The summed E-state index contributed by atoms with van der Waals surface area (Å²) in [6.45, 7) is 1.83. The number of carbonyl (C=O) groups is 1. The third-order valence-corrected chi connectivity index (χ3v) is 4.15. The van der Waals surface area contributed by atoms with Crippen LogP contribution in [-0.2, 0) is 24.1 Å². The van der Waals surface area contributed by atoms with Crippen LogP contribution in [0.15, 0.2) is 10.5 Å². The molecule has 0 spiro atoms. The van der Waals surface area contributed by atoms with Crippen LogP contribution in [0.3, 0.4) is 0 Å². The van der Waals surface area contributed by atoms with Crippen molar-refractivity contribution in [1.29, 1.82) is 0 Å². The summed E-state index contributed by atoms with van der Waals surface area (Å²) in [6, 6.07) is 0. The average Bonchev–Trinajstić information content (AvgIpc) is 2.93. The zero-order chi connectivity index (χ0) is 13.8. The first kappa shape index (κ1) is 14.0. The number of amides is 1. The summed E-state index contributed by atoms with van der Waals surface area (Å²) in [4.78, 5) is 15.2. The first-order valence-electron chi connectivity index (χ1n) is 5.53. The fourth-order valence-electron chi connectivity index (χ4n) is 1.37. The summed E-state index contributed by atoms with van der Waals surface area (Å²) >= 11 is 2.94. The Bertz CT molecular complexity index is 578. The molecule has 0 aliphatic rings. The SMILES string of the molecule is CC(=O)Nc1nc(CSc2nnc(CN)n2C)cs1. The molecule has 1 amide bonds. The number of thiazole rings is 1. The van der Waals surface area contributed by atoms with Crippen molar-refractivity contribution >= 4 is 34.1 Å². The molecular weight excluding hydrogens is 284 g/mol. The number of hydrogen-bond donors (Lipinski definition) is 2. The van der Waals surface area contributed by atoms with Crippen molar-refractivity contribution in [2.24, 2.45) is 12.8 Å². The quantitative estimate of drug-likeness (QED) is 0.798. The molecule has 2 aromatic rings. The lowest BCUT2D eigenvalue weighted by Crippen LogP contribution is -2.05. The van der Waals surface area contributed by atoms with Crippen molar-refractivity contribution in [2.45, 2.75) is 24.4 Å². The number of rotatable bonds is 5. The summed E-state index contributed by atoms with van der Waals surface area (Å²) in [5.74, 6) is 1.31. The van der Waals surface area contributed by atoms with Crippen LogP contribution < -0.4 is 11.1 Å². The van der Waals surface area contributed by atoms with E-state index in [1.165, 1.54) is 30.0 Å². The lowest BCUT2D eigenvalue weighted by molar-refractivity contribution is -0.114. The summed E-state index contributed by atoms with van der Waals surface area (Å²) < 4.78 is 1.87. The summed E-state index contributed by atoms with van der Waals surface area (Å²) in [7, 11) is 1.88. The maximum Gasteiger partial charge on any atom is 0.223 e. The minimum atomic E-state index is -0.116. The van der Waals surface area contributed by atoms with E-state index in [0.717, 1.165) is 16.7 Å². The second-order valence-electron chi connectivity index (χ2n) is 3.78. The van der Waals surface area contributed by atoms with Gasteiger partial charge in [0.25, 0.3) is 0 Å².